The van der Waals surface area contributed by atoms with Crippen LogP contribution in [0.4, 0.5) is 0 Å². The molecular formula is C21H34N4O3. The van der Waals surface area contributed by atoms with Gasteiger partial charge in [-0.15, -0.1) is 0 Å². The number of likely N-dealkylation sites (tertiary alicyclic amines) is 1. The van der Waals surface area contributed by atoms with E-state index in [2.05, 4.69) is 27.4 Å². The van der Waals surface area contributed by atoms with Gasteiger partial charge in [0.2, 0.25) is 5.91 Å². The lowest BCUT2D eigenvalue weighted by molar-refractivity contribution is -0.121. The molecular weight excluding hydrogens is 356 g/mol. The Kier molecular flexibility index (Phi) is 8.91. The maximum absolute atomic E-state index is 11.6. The first-order chi connectivity index (χ1) is 13.6. The van der Waals surface area contributed by atoms with Crippen molar-refractivity contribution in [2.45, 2.75) is 39.2 Å². The van der Waals surface area contributed by atoms with Gasteiger partial charge in [0.15, 0.2) is 17.5 Å². The highest BCUT2D eigenvalue weighted by atomic mass is 16.5. The number of piperidine rings is 1. The summed E-state index contributed by atoms with van der Waals surface area (Å²) in [5, 5.41) is 6.15. The zero-order chi connectivity index (χ0) is 20.4. The second-order valence-electron chi connectivity index (χ2n) is 7.04. The van der Waals surface area contributed by atoms with Gasteiger partial charge < -0.3 is 25.0 Å². The van der Waals surface area contributed by atoms with Crippen molar-refractivity contribution in [1.82, 2.24) is 15.5 Å². The highest BCUT2D eigenvalue weighted by Crippen LogP contribution is 2.28. The molecule has 7 heteroatoms. The van der Waals surface area contributed by atoms with Crippen molar-refractivity contribution >= 4 is 11.9 Å². The predicted molar refractivity (Wildman–Crippen MR) is 112 cm³/mol. The van der Waals surface area contributed by atoms with E-state index >= 15 is 0 Å². The maximum Gasteiger partial charge on any atom is 0.220 e. The lowest BCUT2D eigenvalue weighted by Gasteiger charge is -2.34. The van der Waals surface area contributed by atoms with Crippen LogP contribution in [0, 0.1) is 5.92 Å². The fourth-order valence-corrected chi connectivity index (χ4v) is 3.38. The van der Waals surface area contributed by atoms with Crippen LogP contribution in [-0.4, -0.2) is 57.7 Å². The van der Waals surface area contributed by atoms with Crippen LogP contribution in [0.15, 0.2) is 23.2 Å². The van der Waals surface area contributed by atoms with E-state index in [1.54, 1.807) is 21.2 Å². The zero-order valence-electron chi connectivity index (χ0n) is 17.6. The SMILES string of the molecule is CCCOc1ccc(CNC(=NC)N2CCC(CC(=O)NC)CC2)cc1OC. The Morgan fingerprint density at radius 1 is 1.29 bits per heavy atom. The molecule has 1 amide bonds. The molecule has 1 aromatic rings. The molecule has 1 saturated heterocycles. The van der Waals surface area contributed by atoms with Gasteiger partial charge in [0.25, 0.3) is 0 Å². The highest BCUT2D eigenvalue weighted by molar-refractivity contribution is 5.80. The van der Waals surface area contributed by atoms with Gasteiger partial charge in [-0.3, -0.25) is 9.79 Å². The number of benzene rings is 1. The Balaban J connectivity index is 1.88. The molecule has 28 heavy (non-hydrogen) atoms. The van der Waals surface area contributed by atoms with Gasteiger partial charge in [-0.05, 0) is 42.9 Å². The van der Waals surface area contributed by atoms with Gasteiger partial charge in [0.05, 0.1) is 13.7 Å². The number of ether oxygens (including phenoxy) is 2. The molecule has 1 aliphatic heterocycles. The van der Waals surface area contributed by atoms with Crippen molar-refractivity contribution in [2.24, 2.45) is 10.9 Å². The topological polar surface area (TPSA) is 75.2 Å². The molecule has 1 fully saturated rings. The number of amides is 1. The first kappa shape index (κ1) is 21.9. The Morgan fingerprint density at radius 2 is 2.04 bits per heavy atom. The number of carbonyl (C=O) groups is 1. The minimum absolute atomic E-state index is 0.126. The predicted octanol–water partition coefficient (Wildman–Crippen LogP) is 2.41. The van der Waals surface area contributed by atoms with Crippen molar-refractivity contribution in [3.05, 3.63) is 23.8 Å². The molecule has 0 radical (unpaired) electrons. The molecule has 1 aliphatic rings. The van der Waals surface area contributed by atoms with Crippen molar-refractivity contribution in [3.8, 4) is 11.5 Å². The number of hydrogen-bond donors (Lipinski definition) is 2. The number of nitrogens with zero attached hydrogens (tertiary/aromatic N) is 2. The van der Waals surface area contributed by atoms with E-state index in [4.69, 9.17) is 9.47 Å². The summed E-state index contributed by atoms with van der Waals surface area (Å²) in [6.07, 6.45) is 3.59. The van der Waals surface area contributed by atoms with Crippen LogP contribution in [-0.2, 0) is 11.3 Å². The fourth-order valence-electron chi connectivity index (χ4n) is 3.38. The standard InChI is InChI=1S/C21H34N4O3/c1-5-12-28-18-7-6-17(13-19(18)27-4)15-24-21(23-3)25-10-8-16(9-11-25)14-20(26)22-2/h6-7,13,16H,5,8-12,14-15H2,1-4H3,(H,22,26)(H,23,24). The summed E-state index contributed by atoms with van der Waals surface area (Å²) in [6.45, 7) is 5.24. The molecule has 0 aromatic heterocycles. The summed E-state index contributed by atoms with van der Waals surface area (Å²) in [6, 6.07) is 6.00. The van der Waals surface area contributed by atoms with Crippen LogP contribution in [0.2, 0.25) is 0 Å². The quantitative estimate of drug-likeness (QED) is 0.527. The second kappa shape index (κ2) is 11.4. The van der Waals surface area contributed by atoms with E-state index in [0.29, 0.717) is 25.5 Å². The molecule has 1 aromatic carbocycles. The van der Waals surface area contributed by atoms with E-state index in [1.165, 1.54) is 0 Å². The first-order valence-corrected chi connectivity index (χ1v) is 10.1. The van der Waals surface area contributed by atoms with Crippen LogP contribution < -0.4 is 20.1 Å². The van der Waals surface area contributed by atoms with Gasteiger partial charge in [-0.25, -0.2) is 0 Å². The van der Waals surface area contributed by atoms with E-state index in [9.17, 15) is 4.79 Å². The van der Waals surface area contributed by atoms with Crippen LogP contribution in [0.1, 0.15) is 38.2 Å². The van der Waals surface area contributed by atoms with Crippen molar-refractivity contribution in [3.63, 3.8) is 0 Å². The number of aliphatic imine (C=N–C) groups is 1. The van der Waals surface area contributed by atoms with Crippen LogP contribution in [0.5, 0.6) is 11.5 Å². The van der Waals surface area contributed by atoms with Crippen LogP contribution in [0.25, 0.3) is 0 Å². The molecule has 0 unspecified atom stereocenters. The second-order valence-corrected chi connectivity index (χ2v) is 7.04. The molecule has 1 heterocycles. The number of methoxy groups -OCH3 is 1. The lowest BCUT2D eigenvalue weighted by Crippen LogP contribution is -2.45. The molecule has 0 saturated carbocycles. The number of rotatable bonds is 8. The molecule has 0 spiro atoms. The van der Waals surface area contributed by atoms with Crippen molar-refractivity contribution in [1.29, 1.82) is 0 Å². The summed E-state index contributed by atoms with van der Waals surface area (Å²) >= 11 is 0. The molecule has 2 N–H and O–H groups in total. The van der Waals surface area contributed by atoms with Crippen LogP contribution >= 0.6 is 0 Å². The number of hydrogen-bond acceptors (Lipinski definition) is 4. The number of carbonyl (C=O) groups excluding carboxylic acids is 1. The summed E-state index contributed by atoms with van der Waals surface area (Å²) in [5.41, 5.74) is 1.11. The monoisotopic (exact) mass is 390 g/mol. The summed E-state index contributed by atoms with van der Waals surface area (Å²) in [7, 11) is 5.16. The number of nitrogens with one attached hydrogen (secondary N) is 2. The van der Waals surface area contributed by atoms with Crippen molar-refractivity contribution in [2.75, 3.05) is 40.9 Å². The summed E-state index contributed by atoms with van der Waals surface area (Å²) in [5.74, 6) is 2.99. The first-order valence-electron chi connectivity index (χ1n) is 10.1. The molecule has 156 valence electrons. The van der Waals surface area contributed by atoms with Gasteiger partial charge in [-0.1, -0.05) is 13.0 Å². The Hall–Kier alpha value is -2.44. The highest BCUT2D eigenvalue weighted by Gasteiger charge is 2.23. The van der Waals surface area contributed by atoms with Crippen molar-refractivity contribution < 1.29 is 14.3 Å². The molecule has 7 nitrogen and oxygen atoms in total. The minimum Gasteiger partial charge on any atom is -0.493 e. The molecule has 0 atom stereocenters. The van der Waals surface area contributed by atoms with Gasteiger partial charge in [0, 0.05) is 40.2 Å². The Bertz CT molecular complexity index is 655. The van der Waals surface area contributed by atoms with Crippen LogP contribution in [0.3, 0.4) is 0 Å². The lowest BCUT2D eigenvalue weighted by atomic mass is 9.93. The average Bonchev–Trinajstić information content (AvgIpc) is 2.73. The third-order valence-electron chi connectivity index (χ3n) is 5.02. The van der Waals surface area contributed by atoms with E-state index in [0.717, 1.165) is 55.4 Å². The van der Waals surface area contributed by atoms with E-state index in [-0.39, 0.29) is 5.91 Å². The normalized spacial score (nSPS) is 15.3. The third-order valence-corrected chi connectivity index (χ3v) is 5.02. The minimum atomic E-state index is 0.126. The van der Waals surface area contributed by atoms with Gasteiger partial charge >= 0.3 is 0 Å². The fraction of sp³-hybridized carbons (Fsp3) is 0.619. The molecule has 0 bridgehead atoms. The molecule has 0 aliphatic carbocycles. The number of guanidine groups is 1. The van der Waals surface area contributed by atoms with Gasteiger partial charge in [-0.2, -0.15) is 0 Å². The Morgan fingerprint density at radius 3 is 2.64 bits per heavy atom. The summed E-state index contributed by atoms with van der Waals surface area (Å²) < 4.78 is 11.2. The smallest absolute Gasteiger partial charge is 0.220 e. The summed E-state index contributed by atoms with van der Waals surface area (Å²) in [4.78, 5) is 18.3. The van der Waals surface area contributed by atoms with E-state index in [1.807, 2.05) is 18.2 Å². The molecule has 2 rings (SSSR count). The Labute approximate surface area is 168 Å². The average molecular weight is 391 g/mol. The van der Waals surface area contributed by atoms with Gasteiger partial charge in [0.1, 0.15) is 0 Å². The zero-order valence-corrected chi connectivity index (χ0v) is 17.6. The van der Waals surface area contributed by atoms with E-state index < -0.39 is 0 Å². The maximum atomic E-state index is 11.6. The largest absolute Gasteiger partial charge is 0.493 e. The third kappa shape index (κ3) is 6.32.